The van der Waals surface area contributed by atoms with Crippen LogP contribution in [0.3, 0.4) is 0 Å². The molecule has 0 saturated heterocycles. The number of nitrogens with zero attached hydrogens (tertiary/aromatic N) is 1. The predicted molar refractivity (Wildman–Crippen MR) is 88.2 cm³/mol. The van der Waals surface area contributed by atoms with Crippen LogP contribution in [0.2, 0.25) is 5.02 Å². The normalized spacial score (nSPS) is 28.9. The topological polar surface area (TPSA) is 41.5 Å². The van der Waals surface area contributed by atoms with Crippen molar-refractivity contribution in [3.8, 4) is 0 Å². The average molecular weight is 341 g/mol. The zero-order valence-electron chi connectivity index (χ0n) is 12.3. The molecule has 0 bridgehead atoms. The maximum absolute atomic E-state index is 13.9. The van der Waals surface area contributed by atoms with Gasteiger partial charge >= 0.3 is 0 Å². The number of hydrogen-bond acceptors (Lipinski definition) is 2. The lowest BCUT2D eigenvalue weighted by molar-refractivity contribution is 0.334. The van der Waals surface area contributed by atoms with E-state index in [-0.39, 0.29) is 16.5 Å². The first-order chi connectivity index (χ1) is 10.5. The van der Waals surface area contributed by atoms with Crippen LogP contribution in [0.5, 0.6) is 0 Å². The second-order valence-electron chi connectivity index (χ2n) is 5.83. The quantitative estimate of drug-likeness (QED) is 0.835. The third-order valence-electron chi connectivity index (χ3n) is 4.44. The van der Waals surface area contributed by atoms with Gasteiger partial charge in [0.15, 0.2) is 0 Å². The van der Waals surface area contributed by atoms with E-state index < -0.39 is 16.8 Å². The Balaban J connectivity index is 1.82. The maximum atomic E-state index is 13.9. The largest absolute Gasteiger partial charge is 0.285 e. The average Bonchev–Trinajstić information content (AvgIpc) is 2.47. The predicted octanol–water partition coefficient (Wildman–Crippen LogP) is 3.80. The van der Waals surface area contributed by atoms with Crippen molar-refractivity contribution < 1.29 is 8.60 Å². The smallest absolute Gasteiger partial charge is 0.142 e. The lowest BCUT2D eigenvalue weighted by atomic mass is 9.74. The number of benzene rings is 1. The van der Waals surface area contributed by atoms with Crippen molar-refractivity contribution in [2.24, 2.45) is 4.99 Å². The second kappa shape index (κ2) is 6.22. The highest BCUT2D eigenvalue weighted by molar-refractivity contribution is 7.83. The number of fused-ring (bicyclic) bond motifs is 1. The fourth-order valence-corrected chi connectivity index (χ4v) is 4.48. The summed E-state index contributed by atoms with van der Waals surface area (Å²) >= 11 is 5.74. The molecule has 22 heavy (non-hydrogen) atoms. The first-order valence-corrected chi connectivity index (χ1v) is 8.89. The van der Waals surface area contributed by atoms with Crippen molar-refractivity contribution in [2.45, 2.75) is 49.1 Å². The third-order valence-corrected chi connectivity index (χ3v) is 5.90. The number of hydrogen-bond donors (Lipinski definition) is 1. The van der Waals surface area contributed by atoms with E-state index in [1.165, 1.54) is 17.7 Å². The molecule has 3 rings (SSSR count). The minimum Gasteiger partial charge on any atom is -0.285 e. The van der Waals surface area contributed by atoms with Gasteiger partial charge in [0, 0.05) is 23.7 Å². The van der Waals surface area contributed by atoms with Crippen LogP contribution < -0.4 is 4.72 Å². The van der Waals surface area contributed by atoms with Crippen molar-refractivity contribution in [3.05, 3.63) is 40.7 Å². The summed E-state index contributed by atoms with van der Waals surface area (Å²) in [5.74, 6) is -0.554. The zero-order chi connectivity index (χ0) is 15.7. The Morgan fingerprint density at radius 3 is 3.09 bits per heavy atom. The molecule has 3 nitrogen and oxygen atoms in total. The number of dihydropyridines is 1. The Bertz CT molecular complexity index is 676. The zero-order valence-corrected chi connectivity index (χ0v) is 13.9. The molecular weight excluding hydrogens is 323 g/mol. The third kappa shape index (κ3) is 2.90. The van der Waals surface area contributed by atoms with Crippen LogP contribution >= 0.6 is 11.6 Å². The molecule has 3 unspecified atom stereocenters. The van der Waals surface area contributed by atoms with Crippen molar-refractivity contribution in [1.29, 1.82) is 0 Å². The summed E-state index contributed by atoms with van der Waals surface area (Å²) in [5, 5.41) is 0.296. The number of nitrogens with one attached hydrogen (secondary N) is 1. The maximum Gasteiger partial charge on any atom is 0.142 e. The highest BCUT2D eigenvalue weighted by atomic mass is 35.5. The van der Waals surface area contributed by atoms with Gasteiger partial charge < -0.3 is 0 Å². The molecule has 118 valence electrons. The molecular formula is C16H18ClFN2OS. The fraction of sp³-hybridized carbons (Fsp3) is 0.438. The first kappa shape index (κ1) is 15.8. The molecule has 1 saturated carbocycles. The molecule has 1 aromatic carbocycles. The molecule has 1 aliphatic heterocycles. The Kier molecular flexibility index (Phi) is 4.48. The van der Waals surface area contributed by atoms with Crippen LogP contribution in [0.4, 0.5) is 4.39 Å². The van der Waals surface area contributed by atoms with E-state index in [4.69, 9.17) is 11.6 Å². The number of rotatable bonds is 3. The fourth-order valence-electron chi connectivity index (χ4n) is 3.17. The molecule has 1 N–H and O–H groups in total. The number of allylic oxidation sites excluding steroid dienone is 1. The molecule has 0 amide bonds. The van der Waals surface area contributed by atoms with Gasteiger partial charge in [0.25, 0.3) is 0 Å². The molecule has 1 aromatic rings. The van der Waals surface area contributed by atoms with E-state index in [9.17, 15) is 8.60 Å². The lowest BCUT2D eigenvalue weighted by Gasteiger charge is -2.42. The highest BCUT2D eigenvalue weighted by Crippen LogP contribution is 2.38. The van der Waals surface area contributed by atoms with Gasteiger partial charge in [-0.1, -0.05) is 17.7 Å². The van der Waals surface area contributed by atoms with Crippen molar-refractivity contribution >= 4 is 28.8 Å². The summed E-state index contributed by atoms with van der Waals surface area (Å²) in [7, 11) is -1.63. The molecule has 0 aromatic heterocycles. The number of halogens is 2. The van der Waals surface area contributed by atoms with Gasteiger partial charge in [-0.25, -0.2) is 13.3 Å². The van der Waals surface area contributed by atoms with Crippen LogP contribution in [-0.2, 0) is 11.0 Å². The molecule has 1 aliphatic carbocycles. The molecule has 0 radical (unpaired) electrons. The van der Waals surface area contributed by atoms with Crippen molar-refractivity contribution in [2.75, 3.05) is 0 Å². The lowest BCUT2D eigenvalue weighted by Crippen LogP contribution is -2.52. The summed E-state index contributed by atoms with van der Waals surface area (Å²) in [5.41, 5.74) is 0.905. The van der Waals surface area contributed by atoms with Gasteiger partial charge in [-0.2, -0.15) is 0 Å². The Hall–Kier alpha value is -1.04. The molecule has 1 fully saturated rings. The van der Waals surface area contributed by atoms with E-state index in [1.54, 1.807) is 6.07 Å². The van der Waals surface area contributed by atoms with E-state index in [1.807, 2.05) is 6.21 Å². The van der Waals surface area contributed by atoms with Gasteiger partial charge in [-0.15, -0.1) is 0 Å². The van der Waals surface area contributed by atoms with Crippen molar-refractivity contribution in [3.63, 3.8) is 0 Å². The minimum absolute atomic E-state index is 0.0695. The van der Waals surface area contributed by atoms with E-state index >= 15 is 0 Å². The SMILES string of the molecule is CC12N=CCC=C1CCCC2NS(=O)c1ccc(Cl)cc1F. The Morgan fingerprint density at radius 2 is 2.32 bits per heavy atom. The molecule has 6 heteroatoms. The molecule has 2 aliphatic rings. The van der Waals surface area contributed by atoms with Crippen LogP contribution in [0.25, 0.3) is 0 Å². The van der Waals surface area contributed by atoms with E-state index in [0.29, 0.717) is 5.02 Å². The van der Waals surface area contributed by atoms with E-state index in [0.717, 1.165) is 25.7 Å². The summed E-state index contributed by atoms with van der Waals surface area (Å²) in [4.78, 5) is 4.77. The van der Waals surface area contributed by atoms with Crippen LogP contribution in [0, 0.1) is 5.82 Å². The summed E-state index contributed by atoms with van der Waals surface area (Å²) < 4.78 is 29.5. The van der Waals surface area contributed by atoms with Gasteiger partial charge in [-0.3, -0.25) is 4.99 Å². The van der Waals surface area contributed by atoms with E-state index in [2.05, 4.69) is 22.7 Å². The Labute approximate surface area is 137 Å². The number of aliphatic imine (C=N–C) groups is 1. The van der Waals surface area contributed by atoms with Gasteiger partial charge in [0.1, 0.15) is 16.8 Å². The van der Waals surface area contributed by atoms with Gasteiger partial charge in [0.2, 0.25) is 0 Å². The standard InChI is InChI=1S/C16H18ClFN2OS/c1-16-11(5-3-9-19-16)4-2-6-15(16)20-22(21)14-8-7-12(17)10-13(14)18/h5,7-10,15,20H,2-4,6H2,1H3. The highest BCUT2D eigenvalue weighted by Gasteiger charge is 2.41. The molecule has 1 heterocycles. The van der Waals surface area contributed by atoms with Gasteiger partial charge in [-0.05, 0) is 50.0 Å². The molecule has 0 spiro atoms. The van der Waals surface area contributed by atoms with Crippen LogP contribution in [0.1, 0.15) is 32.6 Å². The monoisotopic (exact) mass is 340 g/mol. The van der Waals surface area contributed by atoms with Crippen molar-refractivity contribution in [1.82, 2.24) is 4.72 Å². The molecule has 3 atom stereocenters. The second-order valence-corrected chi connectivity index (χ2v) is 7.48. The minimum atomic E-state index is -1.63. The van der Waals surface area contributed by atoms with Gasteiger partial charge in [0.05, 0.1) is 10.4 Å². The summed E-state index contributed by atoms with van der Waals surface area (Å²) in [6.45, 7) is 2.06. The summed E-state index contributed by atoms with van der Waals surface area (Å²) in [6, 6.07) is 4.13. The van der Waals surface area contributed by atoms with Crippen LogP contribution in [0.15, 0.2) is 39.7 Å². The Morgan fingerprint density at radius 1 is 1.50 bits per heavy atom. The van der Waals surface area contributed by atoms with Crippen LogP contribution in [-0.4, -0.2) is 22.0 Å². The summed E-state index contributed by atoms with van der Waals surface area (Å²) in [6.07, 6.45) is 7.86. The first-order valence-electron chi connectivity index (χ1n) is 7.37.